The molecule has 0 saturated heterocycles. The number of aliphatic carboxylic acids is 1. The van der Waals surface area contributed by atoms with E-state index in [9.17, 15) is 14.4 Å². The van der Waals surface area contributed by atoms with Gasteiger partial charge in [-0.2, -0.15) is 0 Å². The topological polar surface area (TPSA) is 95.9 Å². The Morgan fingerprint density at radius 2 is 2.00 bits per heavy atom. The number of thiophene rings is 1. The van der Waals surface area contributed by atoms with Gasteiger partial charge in [0, 0.05) is 24.5 Å². The van der Waals surface area contributed by atoms with Crippen molar-refractivity contribution in [2.75, 3.05) is 18.5 Å². The van der Waals surface area contributed by atoms with Crippen molar-refractivity contribution >= 4 is 34.2 Å². The van der Waals surface area contributed by atoms with E-state index < -0.39 is 23.8 Å². The van der Waals surface area contributed by atoms with Crippen molar-refractivity contribution in [1.82, 2.24) is 4.90 Å². The first-order valence-electron chi connectivity index (χ1n) is 10.1. The van der Waals surface area contributed by atoms with Crippen LogP contribution in [0.15, 0.2) is 30.3 Å². The second kappa shape index (κ2) is 8.57. The molecule has 2 N–H and O–H groups in total. The third-order valence-corrected chi connectivity index (χ3v) is 6.68. The van der Waals surface area contributed by atoms with Crippen LogP contribution in [0, 0.1) is 11.8 Å². The number of nitrogens with one attached hydrogen (secondary N) is 1. The molecule has 1 saturated carbocycles. The van der Waals surface area contributed by atoms with E-state index in [-0.39, 0.29) is 12.5 Å². The van der Waals surface area contributed by atoms with Crippen LogP contribution in [-0.2, 0) is 33.8 Å². The molecule has 2 aromatic rings. The highest BCUT2D eigenvalue weighted by atomic mass is 32.1. The molecule has 2 heterocycles. The summed E-state index contributed by atoms with van der Waals surface area (Å²) in [5.74, 6) is -2.90. The smallest absolute Gasteiger partial charge is 0.341 e. The quantitative estimate of drug-likeness (QED) is 0.658. The van der Waals surface area contributed by atoms with Crippen molar-refractivity contribution in [3.05, 3.63) is 51.9 Å². The van der Waals surface area contributed by atoms with E-state index in [2.05, 4.69) is 22.3 Å². The summed E-state index contributed by atoms with van der Waals surface area (Å²) in [6.45, 7) is 4.32. The fourth-order valence-corrected chi connectivity index (χ4v) is 5.18. The second-order valence-corrected chi connectivity index (χ2v) is 8.76. The molecule has 1 aliphatic heterocycles. The Bertz CT molecular complexity index is 971. The van der Waals surface area contributed by atoms with E-state index in [1.54, 1.807) is 6.92 Å². The Morgan fingerprint density at radius 3 is 2.67 bits per heavy atom. The van der Waals surface area contributed by atoms with Gasteiger partial charge in [0.2, 0.25) is 5.91 Å². The fourth-order valence-electron chi connectivity index (χ4n) is 3.90. The maximum atomic E-state index is 12.6. The van der Waals surface area contributed by atoms with Gasteiger partial charge in [0.25, 0.3) is 0 Å². The molecule has 2 aliphatic rings. The number of esters is 1. The Labute approximate surface area is 178 Å². The number of anilines is 1. The van der Waals surface area contributed by atoms with Crippen LogP contribution in [-0.4, -0.2) is 41.0 Å². The Morgan fingerprint density at radius 1 is 1.23 bits per heavy atom. The predicted octanol–water partition coefficient (Wildman–Crippen LogP) is 3.14. The van der Waals surface area contributed by atoms with Crippen LogP contribution in [0.5, 0.6) is 0 Å². The molecule has 2 atom stereocenters. The number of hydrogen-bond acceptors (Lipinski definition) is 6. The van der Waals surface area contributed by atoms with Crippen LogP contribution in [0.2, 0.25) is 0 Å². The molecule has 158 valence electrons. The molecule has 1 aromatic heterocycles. The van der Waals surface area contributed by atoms with Crippen molar-refractivity contribution in [1.29, 1.82) is 0 Å². The largest absolute Gasteiger partial charge is 0.481 e. The SMILES string of the molecule is CCOC(=O)c1c(NC(=O)C2CC2C(=O)O)sc2c1CCN(Cc1ccccc1)C2. The number of amides is 1. The summed E-state index contributed by atoms with van der Waals surface area (Å²) >= 11 is 1.39. The van der Waals surface area contributed by atoms with Gasteiger partial charge >= 0.3 is 11.9 Å². The lowest BCUT2D eigenvalue weighted by molar-refractivity contribution is -0.139. The van der Waals surface area contributed by atoms with Gasteiger partial charge in [-0.25, -0.2) is 4.79 Å². The number of nitrogens with zero attached hydrogens (tertiary/aromatic N) is 1. The standard InChI is InChI=1S/C22H24N2O5S/c1-2-29-22(28)18-14-8-9-24(11-13-6-4-3-5-7-13)12-17(14)30-20(18)23-19(25)15-10-16(15)21(26)27/h3-7,15-16H,2,8-12H2,1H3,(H,23,25)(H,26,27). The zero-order chi connectivity index (χ0) is 21.3. The summed E-state index contributed by atoms with van der Waals surface area (Å²) < 4.78 is 5.24. The van der Waals surface area contributed by atoms with Crippen molar-refractivity contribution < 1.29 is 24.2 Å². The number of ether oxygens (including phenoxy) is 1. The number of rotatable bonds is 7. The number of carboxylic acid groups (broad SMARTS) is 1. The normalized spacial score (nSPS) is 20.3. The first-order chi connectivity index (χ1) is 14.5. The minimum atomic E-state index is -0.956. The molecule has 8 heteroatoms. The predicted molar refractivity (Wildman–Crippen MR) is 112 cm³/mol. The van der Waals surface area contributed by atoms with Gasteiger partial charge in [-0.1, -0.05) is 30.3 Å². The van der Waals surface area contributed by atoms with E-state index in [0.717, 1.165) is 23.5 Å². The highest BCUT2D eigenvalue weighted by Crippen LogP contribution is 2.42. The summed E-state index contributed by atoms with van der Waals surface area (Å²) in [6.07, 6.45) is 1.04. The first-order valence-corrected chi connectivity index (χ1v) is 10.9. The highest BCUT2D eigenvalue weighted by molar-refractivity contribution is 7.17. The third-order valence-electron chi connectivity index (χ3n) is 5.55. The lowest BCUT2D eigenvalue weighted by atomic mass is 10.0. The Kier molecular flexibility index (Phi) is 5.87. The maximum Gasteiger partial charge on any atom is 0.341 e. The third kappa shape index (κ3) is 4.24. The van der Waals surface area contributed by atoms with Gasteiger partial charge < -0.3 is 15.2 Å². The van der Waals surface area contributed by atoms with Crippen LogP contribution < -0.4 is 5.32 Å². The summed E-state index contributed by atoms with van der Waals surface area (Å²) in [5, 5.41) is 12.4. The van der Waals surface area contributed by atoms with Gasteiger partial charge in [-0.15, -0.1) is 11.3 Å². The molecule has 1 fully saturated rings. The number of carbonyl (C=O) groups is 3. The average Bonchev–Trinajstić information content (AvgIpc) is 3.45. The highest BCUT2D eigenvalue weighted by Gasteiger charge is 2.48. The molecule has 0 radical (unpaired) electrons. The van der Waals surface area contributed by atoms with Gasteiger partial charge in [0.05, 0.1) is 24.0 Å². The summed E-state index contributed by atoms with van der Waals surface area (Å²) in [4.78, 5) is 39.6. The lowest BCUT2D eigenvalue weighted by Gasteiger charge is -2.27. The van der Waals surface area contributed by atoms with E-state index >= 15 is 0 Å². The number of carbonyl (C=O) groups excluding carboxylic acids is 2. The van der Waals surface area contributed by atoms with E-state index in [1.165, 1.54) is 16.9 Å². The summed E-state index contributed by atoms with van der Waals surface area (Å²) in [5.41, 5.74) is 2.59. The lowest BCUT2D eigenvalue weighted by Crippen LogP contribution is -2.30. The van der Waals surface area contributed by atoms with Crippen molar-refractivity contribution in [3.63, 3.8) is 0 Å². The second-order valence-electron chi connectivity index (χ2n) is 7.65. The number of carboxylic acids is 1. The molecular formula is C22H24N2O5S. The van der Waals surface area contributed by atoms with Crippen molar-refractivity contribution in [2.24, 2.45) is 11.8 Å². The van der Waals surface area contributed by atoms with Crippen LogP contribution in [0.3, 0.4) is 0 Å². The maximum absolute atomic E-state index is 12.6. The van der Waals surface area contributed by atoms with E-state index in [0.29, 0.717) is 30.0 Å². The number of fused-ring (bicyclic) bond motifs is 1. The molecule has 0 bridgehead atoms. The Hall–Kier alpha value is -2.71. The molecule has 30 heavy (non-hydrogen) atoms. The molecule has 4 rings (SSSR count). The van der Waals surface area contributed by atoms with Gasteiger partial charge in [-0.3, -0.25) is 14.5 Å². The summed E-state index contributed by atoms with van der Waals surface area (Å²) in [6, 6.07) is 10.2. The van der Waals surface area contributed by atoms with Gasteiger partial charge in [0.15, 0.2) is 0 Å². The first kappa shape index (κ1) is 20.6. The van der Waals surface area contributed by atoms with E-state index in [4.69, 9.17) is 9.84 Å². The molecule has 1 amide bonds. The van der Waals surface area contributed by atoms with Crippen molar-refractivity contribution in [2.45, 2.75) is 32.9 Å². The zero-order valence-corrected chi connectivity index (χ0v) is 17.5. The number of benzene rings is 1. The molecule has 2 unspecified atom stereocenters. The fraction of sp³-hybridized carbons (Fsp3) is 0.409. The van der Waals surface area contributed by atoms with Crippen molar-refractivity contribution in [3.8, 4) is 0 Å². The molecule has 1 aliphatic carbocycles. The average molecular weight is 429 g/mol. The van der Waals surface area contributed by atoms with Crippen LogP contribution >= 0.6 is 11.3 Å². The monoisotopic (exact) mass is 428 g/mol. The molecular weight excluding hydrogens is 404 g/mol. The molecule has 0 spiro atoms. The molecule has 7 nitrogen and oxygen atoms in total. The minimum absolute atomic E-state index is 0.251. The zero-order valence-electron chi connectivity index (χ0n) is 16.7. The van der Waals surface area contributed by atoms with Gasteiger partial charge in [-0.05, 0) is 30.9 Å². The van der Waals surface area contributed by atoms with Gasteiger partial charge in [0.1, 0.15) is 5.00 Å². The Balaban J connectivity index is 1.54. The summed E-state index contributed by atoms with van der Waals surface area (Å²) in [7, 11) is 0. The molecule has 1 aromatic carbocycles. The minimum Gasteiger partial charge on any atom is -0.481 e. The van der Waals surface area contributed by atoms with Crippen LogP contribution in [0.4, 0.5) is 5.00 Å². The van der Waals surface area contributed by atoms with Crippen LogP contribution in [0.25, 0.3) is 0 Å². The number of hydrogen-bond donors (Lipinski definition) is 2. The van der Waals surface area contributed by atoms with Crippen LogP contribution in [0.1, 0.15) is 39.7 Å². The van der Waals surface area contributed by atoms with E-state index in [1.807, 2.05) is 18.2 Å².